The van der Waals surface area contributed by atoms with E-state index in [9.17, 15) is 0 Å². The van der Waals surface area contributed by atoms with Crippen LogP contribution in [0, 0.1) is 0 Å². The van der Waals surface area contributed by atoms with Crippen LogP contribution in [-0.4, -0.2) is 12.4 Å². The Kier molecular flexibility index (Phi) is 5.60. The van der Waals surface area contributed by atoms with Crippen molar-refractivity contribution in [1.29, 1.82) is 0 Å². The first-order valence-electron chi connectivity index (χ1n) is 5.71. The largest absolute Gasteiger partial charge is 0.493 e. The van der Waals surface area contributed by atoms with Gasteiger partial charge in [-0.3, -0.25) is 0 Å². The van der Waals surface area contributed by atoms with Crippen LogP contribution in [0.15, 0.2) is 56.3 Å². The van der Waals surface area contributed by atoms with Crippen molar-refractivity contribution in [3.8, 4) is 5.75 Å². The topological polar surface area (TPSA) is 35.2 Å². The van der Waals surface area contributed by atoms with E-state index in [-0.39, 0.29) is 0 Å². The minimum Gasteiger partial charge on any atom is -0.493 e. The third kappa shape index (κ3) is 4.75. The molecule has 0 atom stereocenters. The molecule has 0 spiro atoms. The molecule has 0 fully saturated rings. The molecule has 0 unspecified atom stereocenters. The molecule has 2 nitrogen and oxygen atoms in total. The first-order valence-corrected chi connectivity index (χ1v) is 8.28. The number of hydrogen-bond donors (Lipinski definition) is 1. The fourth-order valence-electron chi connectivity index (χ4n) is 1.52. The van der Waals surface area contributed by atoms with Gasteiger partial charge in [0.2, 0.25) is 0 Å². The monoisotopic (exact) mass is 401 g/mol. The zero-order valence-corrected chi connectivity index (χ0v) is 14.1. The van der Waals surface area contributed by atoms with E-state index >= 15 is 0 Å². The van der Waals surface area contributed by atoms with Crippen molar-refractivity contribution in [2.75, 3.05) is 18.1 Å². The summed E-state index contributed by atoms with van der Waals surface area (Å²) in [5.74, 6) is 1.73. The molecule has 2 aromatic carbocycles. The highest BCUT2D eigenvalue weighted by Gasteiger charge is 2.01. The second kappa shape index (κ2) is 7.22. The average Bonchev–Trinajstić information content (AvgIpc) is 2.37. The number of ether oxygens (including phenoxy) is 1. The molecule has 0 radical (unpaired) electrons. The van der Waals surface area contributed by atoms with Crippen LogP contribution in [0.3, 0.4) is 0 Å². The Hall–Kier alpha value is -0.650. The van der Waals surface area contributed by atoms with E-state index in [4.69, 9.17) is 10.5 Å². The molecule has 0 aliphatic rings. The molecule has 0 amide bonds. The number of anilines is 1. The highest BCUT2D eigenvalue weighted by atomic mass is 79.9. The van der Waals surface area contributed by atoms with Gasteiger partial charge < -0.3 is 10.5 Å². The second-order valence-electron chi connectivity index (χ2n) is 3.84. The predicted molar refractivity (Wildman–Crippen MR) is 88.9 cm³/mol. The third-order valence-electron chi connectivity index (χ3n) is 2.38. The van der Waals surface area contributed by atoms with Gasteiger partial charge in [0.05, 0.1) is 6.61 Å². The normalized spacial score (nSPS) is 10.4. The maximum atomic E-state index is 5.94. The molecular formula is C14H13Br2NOS. The van der Waals surface area contributed by atoms with Crippen molar-refractivity contribution >= 4 is 49.3 Å². The van der Waals surface area contributed by atoms with E-state index in [1.807, 2.05) is 42.5 Å². The Labute approximate surface area is 134 Å². The molecule has 19 heavy (non-hydrogen) atoms. The van der Waals surface area contributed by atoms with Crippen molar-refractivity contribution in [3.63, 3.8) is 0 Å². The van der Waals surface area contributed by atoms with Gasteiger partial charge in [0.15, 0.2) is 0 Å². The van der Waals surface area contributed by atoms with E-state index in [0.717, 1.165) is 31.0 Å². The summed E-state index contributed by atoms with van der Waals surface area (Å²) in [6.45, 7) is 0.649. The van der Waals surface area contributed by atoms with Crippen LogP contribution in [0.5, 0.6) is 5.75 Å². The third-order valence-corrected chi connectivity index (χ3v) is 4.42. The first-order chi connectivity index (χ1) is 9.15. The highest BCUT2D eigenvalue weighted by molar-refractivity contribution is 9.10. The molecule has 0 aromatic heterocycles. The van der Waals surface area contributed by atoms with E-state index in [1.165, 1.54) is 0 Å². The van der Waals surface area contributed by atoms with Gasteiger partial charge in [0, 0.05) is 25.3 Å². The van der Waals surface area contributed by atoms with Gasteiger partial charge in [-0.05, 0) is 36.4 Å². The van der Waals surface area contributed by atoms with Crippen molar-refractivity contribution < 1.29 is 4.74 Å². The summed E-state index contributed by atoms with van der Waals surface area (Å²) < 4.78 is 7.69. The number of thioether (sulfide) groups is 1. The number of rotatable bonds is 5. The molecule has 100 valence electrons. The number of benzene rings is 2. The fraction of sp³-hybridized carbons (Fsp3) is 0.143. The lowest BCUT2D eigenvalue weighted by Gasteiger charge is -2.08. The van der Waals surface area contributed by atoms with Gasteiger partial charge in [-0.2, -0.15) is 0 Å². The molecule has 0 aliphatic carbocycles. The van der Waals surface area contributed by atoms with E-state index in [0.29, 0.717) is 6.61 Å². The first kappa shape index (κ1) is 14.8. The average molecular weight is 403 g/mol. The summed E-state index contributed by atoms with van der Waals surface area (Å²) in [5, 5.41) is 0. The van der Waals surface area contributed by atoms with Crippen LogP contribution in [0.1, 0.15) is 0 Å². The smallest absolute Gasteiger partial charge is 0.120 e. The Morgan fingerprint density at radius 1 is 1.05 bits per heavy atom. The second-order valence-corrected chi connectivity index (χ2v) is 6.80. The lowest BCUT2D eigenvalue weighted by molar-refractivity contribution is 0.344. The zero-order chi connectivity index (χ0) is 13.7. The Bertz CT molecular complexity index is 563. The summed E-state index contributed by atoms with van der Waals surface area (Å²) in [6.07, 6.45) is 0. The highest BCUT2D eigenvalue weighted by Crippen LogP contribution is 2.27. The lowest BCUT2D eigenvalue weighted by atomic mass is 10.3. The molecule has 0 aliphatic heterocycles. The predicted octanol–water partition coefficient (Wildman–Crippen LogP) is 4.96. The van der Waals surface area contributed by atoms with Crippen molar-refractivity contribution in [3.05, 3.63) is 51.4 Å². The van der Waals surface area contributed by atoms with Crippen LogP contribution in [-0.2, 0) is 0 Å². The summed E-state index contributed by atoms with van der Waals surface area (Å²) in [5.41, 5.74) is 6.73. The van der Waals surface area contributed by atoms with Gasteiger partial charge in [0.1, 0.15) is 5.75 Å². The van der Waals surface area contributed by atoms with Crippen molar-refractivity contribution in [2.45, 2.75) is 4.90 Å². The Morgan fingerprint density at radius 2 is 1.84 bits per heavy atom. The van der Waals surface area contributed by atoms with E-state index < -0.39 is 0 Å². The number of nitrogen functional groups attached to an aromatic ring is 1. The zero-order valence-electron chi connectivity index (χ0n) is 10.1. The minimum atomic E-state index is 0.649. The molecule has 2 aromatic rings. The molecule has 0 bridgehead atoms. The lowest BCUT2D eigenvalue weighted by Crippen LogP contribution is -2.00. The Balaban J connectivity index is 1.81. The van der Waals surface area contributed by atoms with Gasteiger partial charge in [-0.25, -0.2) is 0 Å². The van der Waals surface area contributed by atoms with Gasteiger partial charge >= 0.3 is 0 Å². The molecule has 0 saturated carbocycles. The Morgan fingerprint density at radius 3 is 2.58 bits per heavy atom. The SMILES string of the molecule is Nc1cc(Br)ccc1SCCOc1cccc(Br)c1. The molecule has 5 heteroatoms. The van der Waals surface area contributed by atoms with Crippen molar-refractivity contribution in [2.24, 2.45) is 0 Å². The summed E-state index contributed by atoms with van der Waals surface area (Å²) in [6, 6.07) is 13.8. The molecule has 0 heterocycles. The van der Waals surface area contributed by atoms with Crippen LogP contribution >= 0.6 is 43.6 Å². The molecular weight excluding hydrogens is 390 g/mol. The van der Waals surface area contributed by atoms with Crippen LogP contribution in [0.2, 0.25) is 0 Å². The van der Waals surface area contributed by atoms with Crippen LogP contribution in [0.25, 0.3) is 0 Å². The number of halogens is 2. The quantitative estimate of drug-likeness (QED) is 0.435. The maximum Gasteiger partial charge on any atom is 0.120 e. The standard InChI is InChI=1S/C14H13Br2NOS/c15-10-2-1-3-12(8-10)18-6-7-19-14-5-4-11(16)9-13(14)17/h1-5,8-9H,6-7,17H2. The van der Waals surface area contributed by atoms with E-state index in [1.54, 1.807) is 11.8 Å². The molecule has 2 N–H and O–H groups in total. The van der Waals surface area contributed by atoms with Crippen LogP contribution < -0.4 is 10.5 Å². The minimum absolute atomic E-state index is 0.649. The summed E-state index contributed by atoms with van der Waals surface area (Å²) in [4.78, 5) is 1.08. The summed E-state index contributed by atoms with van der Waals surface area (Å²) in [7, 11) is 0. The van der Waals surface area contributed by atoms with Gasteiger partial charge in [0.25, 0.3) is 0 Å². The number of hydrogen-bond acceptors (Lipinski definition) is 3. The van der Waals surface area contributed by atoms with Crippen molar-refractivity contribution in [1.82, 2.24) is 0 Å². The van der Waals surface area contributed by atoms with Crippen LogP contribution in [0.4, 0.5) is 5.69 Å². The van der Waals surface area contributed by atoms with Gasteiger partial charge in [-0.15, -0.1) is 11.8 Å². The van der Waals surface area contributed by atoms with E-state index in [2.05, 4.69) is 31.9 Å². The summed E-state index contributed by atoms with van der Waals surface area (Å²) >= 11 is 8.51. The van der Waals surface area contributed by atoms with Gasteiger partial charge in [-0.1, -0.05) is 37.9 Å². The molecule has 2 rings (SSSR count). The maximum absolute atomic E-state index is 5.94. The fourth-order valence-corrected chi connectivity index (χ4v) is 3.05. The number of nitrogens with two attached hydrogens (primary N) is 1. The molecule has 0 saturated heterocycles.